The van der Waals surface area contributed by atoms with Gasteiger partial charge in [-0.05, 0) is 28.7 Å². The van der Waals surface area contributed by atoms with Crippen LogP contribution in [0.4, 0.5) is 0 Å². The molecule has 0 nitrogen and oxygen atoms in total. The molecule has 0 aliphatic heterocycles. The van der Waals surface area contributed by atoms with Crippen LogP contribution >= 0.6 is 39.1 Å². The first-order valence-electron chi connectivity index (χ1n) is 6.18. The third kappa shape index (κ3) is 3.34. The summed E-state index contributed by atoms with van der Waals surface area (Å²) in [6, 6.07) is 14.3. The molecule has 0 spiro atoms. The van der Waals surface area contributed by atoms with Gasteiger partial charge in [-0.1, -0.05) is 89.4 Å². The molecule has 2 rings (SSSR count). The van der Waals surface area contributed by atoms with Crippen molar-refractivity contribution in [2.75, 3.05) is 0 Å². The molecule has 19 heavy (non-hydrogen) atoms. The van der Waals surface area contributed by atoms with Gasteiger partial charge in [-0.25, -0.2) is 0 Å². The summed E-state index contributed by atoms with van der Waals surface area (Å²) in [7, 11) is 0. The number of hydrogen-bond acceptors (Lipinski definition) is 0. The van der Waals surface area contributed by atoms with Crippen LogP contribution in [0.25, 0.3) is 0 Å². The fourth-order valence-corrected chi connectivity index (χ4v) is 3.18. The highest BCUT2D eigenvalue weighted by Crippen LogP contribution is 2.38. The molecule has 0 amide bonds. The Morgan fingerprint density at radius 1 is 0.895 bits per heavy atom. The topological polar surface area (TPSA) is 0 Å². The van der Waals surface area contributed by atoms with Gasteiger partial charge in [-0.15, -0.1) is 0 Å². The second kappa shape index (κ2) is 6.30. The lowest BCUT2D eigenvalue weighted by atomic mass is 9.99. The zero-order valence-electron chi connectivity index (χ0n) is 10.8. The normalized spacial score (nSPS) is 12.7. The number of benzene rings is 2. The second-order valence-corrected chi connectivity index (χ2v) is 6.53. The van der Waals surface area contributed by atoms with E-state index >= 15 is 0 Å². The van der Waals surface area contributed by atoms with Crippen molar-refractivity contribution in [2.45, 2.75) is 24.6 Å². The Morgan fingerprint density at radius 3 is 2.05 bits per heavy atom. The zero-order valence-corrected chi connectivity index (χ0v) is 13.9. The van der Waals surface area contributed by atoms with E-state index in [2.05, 4.69) is 54.0 Å². The molecular weight excluding hydrogens is 343 g/mol. The quantitative estimate of drug-likeness (QED) is 0.542. The highest BCUT2D eigenvalue weighted by Gasteiger charge is 2.15. The molecule has 0 aromatic heterocycles. The molecule has 100 valence electrons. The minimum Gasteiger partial charge on any atom is -0.0827 e. The van der Waals surface area contributed by atoms with Crippen LogP contribution in [0.1, 0.15) is 41.3 Å². The molecule has 0 radical (unpaired) electrons. The first-order chi connectivity index (χ1) is 9.00. The molecule has 1 unspecified atom stereocenters. The Hall–Kier alpha value is -0.500. The predicted molar refractivity (Wildman–Crippen MR) is 87.8 cm³/mol. The molecule has 0 saturated carbocycles. The summed E-state index contributed by atoms with van der Waals surface area (Å²) in [5.74, 6) is 0.539. The Labute approximate surface area is 132 Å². The van der Waals surface area contributed by atoms with Gasteiger partial charge in [0.15, 0.2) is 0 Å². The van der Waals surface area contributed by atoms with Gasteiger partial charge in [0.05, 0.1) is 14.9 Å². The van der Waals surface area contributed by atoms with Crippen LogP contribution in [-0.4, -0.2) is 0 Å². The largest absolute Gasteiger partial charge is 0.0827 e. The molecule has 2 aromatic carbocycles. The van der Waals surface area contributed by atoms with Gasteiger partial charge >= 0.3 is 0 Å². The fraction of sp³-hybridized carbons (Fsp3) is 0.250. The van der Waals surface area contributed by atoms with Crippen LogP contribution in [0, 0.1) is 0 Å². The van der Waals surface area contributed by atoms with E-state index in [0.717, 1.165) is 5.56 Å². The van der Waals surface area contributed by atoms with Crippen molar-refractivity contribution in [3.63, 3.8) is 0 Å². The van der Waals surface area contributed by atoms with Crippen molar-refractivity contribution in [3.8, 4) is 0 Å². The summed E-state index contributed by atoms with van der Waals surface area (Å²) in [6.07, 6.45) is 0. The van der Waals surface area contributed by atoms with Crippen molar-refractivity contribution in [1.29, 1.82) is 0 Å². The van der Waals surface area contributed by atoms with Crippen LogP contribution < -0.4 is 0 Å². The minimum absolute atomic E-state index is 0.0555. The van der Waals surface area contributed by atoms with Gasteiger partial charge in [0.25, 0.3) is 0 Å². The number of rotatable bonds is 3. The van der Waals surface area contributed by atoms with Crippen LogP contribution in [-0.2, 0) is 0 Å². The van der Waals surface area contributed by atoms with Crippen LogP contribution in [0.3, 0.4) is 0 Å². The lowest BCUT2D eigenvalue weighted by Crippen LogP contribution is -1.95. The van der Waals surface area contributed by atoms with E-state index in [0.29, 0.717) is 16.0 Å². The molecule has 0 aliphatic carbocycles. The fourth-order valence-electron chi connectivity index (χ4n) is 1.95. The molecule has 0 heterocycles. The average Bonchev–Trinajstić information content (AvgIpc) is 2.41. The first-order valence-corrected chi connectivity index (χ1v) is 7.85. The summed E-state index contributed by atoms with van der Waals surface area (Å²) in [5.41, 5.74) is 3.50. The Kier molecular flexibility index (Phi) is 4.94. The van der Waals surface area contributed by atoms with E-state index in [1.807, 2.05) is 12.1 Å². The number of hydrogen-bond donors (Lipinski definition) is 0. The molecule has 2 aromatic rings. The van der Waals surface area contributed by atoms with Crippen molar-refractivity contribution in [3.05, 3.63) is 69.2 Å². The van der Waals surface area contributed by atoms with Gasteiger partial charge in [-0.3, -0.25) is 0 Å². The average molecular weight is 358 g/mol. The maximum Gasteiger partial charge on any atom is 0.0659 e. The van der Waals surface area contributed by atoms with Gasteiger partial charge in [0, 0.05) is 0 Å². The summed E-state index contributed by atoms with van der Waals surface area (Å²) >= 11 is 16.0. The van der Waals surface area contributed by atoms with Gasteiger partial charge in [0.2, 0.25) is 0 Å². The summed E-state index contributed by atoms with van der Waals surface area (Å²) < 4.78 is 0. The molecule has 0 saturated heterocycles. The third-order valence-corrected chi connectivity index (χ3v) is 5.01. The van der Waals surface area contributed by atoms with Crippen molar-refractivity contribution < 1.29 is 0 Å². The SMILES string of the molecule is CC(C)c1ccc(C(Br)c2cccc(Cl)c2Cl)cc1. The third-order valence-electron chi connectivity index (χ3n) is 3.15. The summed E-state index contributed by atoms with van der Waals surface area (Å²) in [5, 5.41) is 1.20. The molecule has 0 bridgehead atoms. The maximum absolute atomic E-state index is 6.26. The second-order valence-electron chi connectivity index (χ2n) is 4.83. The molecule has 0 fully saturated rings. The smallest absolute Gasteiger partial charge is 0.0659 e. The number of halogens is 3. The predicted octanol–water partition coefficient (Wildman–Crippen LogP) is 6.60. The standard InChI is InChI=1S/C16H15BrCl2/c1-10(2)11-6-8-12(9-7-11)15(17)13-4-3-5-14(18)16(13)19/h3-10,15H,1-2H3. The van der Waals surface area contributed by atoms with Crippen LogP contribution in [0.5, 0.6) is 0 Å². The molecule has 0 aliphatic rings. The van der Waals surface area contributed by atoms with Crippen LogP contribution in [0.2, 0.25) is 10.0 Å². The van der Waals surface area contributed by atoms with Crippen molar-refractivity contribution >= 4 is 39.1 Å². The Morgan fingerprint density at radius 2 is 1.47 bits per heavy atom. The van der Waals surface area contributed by atoms with Crippen molar-refractivity contribution in [2.24, 2.45) is 0 Å². The highest BCUT2D eigenvalue weighted by atomic mass is 79.9. The van der Waals surface area contributed by atoms with Crippen molar-refractivity contribution in [1.82, 2.24) is 0 Å². The van der Waals surface area contributed by atoms with Gasteiger partial charge in [0.1, 0.15) is 0 Å². The maximum atomic E-state index is 6.26. The molecule has 0 N–H and O–H groups in total. The van der Waals surface area contributed by atoms with E-state index < -0.39 is 0 Å². The highest BCUT2D eigenvalue weighted by molar-refractivity contribution is 9.09. The molecule has 1 atom stereocenters. The van der Waals surface area contributed by atoms with E-state index in [-0.39, 0.29) is 4.83 Å². The first kappa shape index (κ1) is 14.9. The van der Waals surface area contributed by atoms with E-state index in [1.165, 1.54) is 11.1 Å². The van der Waals surface area contributed by atoms with E-state index in [4.69, 9.17) is 23.2 Å². The lowest BCUT2D eigenvalue weighted by molar-refractivity contribution is 0.865. The van der Waals surface area contributed by atoms with E-state index in [1.54, 1.807) is 6.07 Å². The zero-order chi connectivity index (χ0) is 14.0. The van der Waals surface area contributed by atoms with Gasteiger partial charge in [-0.2, -0.15) is 0 Å². The Bertz CT molecular complexity index is 561. The monoisotopic (exact) mass is 356 g/mol. The van der Waals surface area contributed by atoms with E-state index in [9.17, 15) is 0 Å². The minimum atomic E-state index is 0.0555. The summed E-state index contributed by atoms with van der Waals surface area (Å²) in [6.45, 7) is 4.38. The Balaban J connectivity index is 2.33. The van der Waals surface area contributed by atoms with Crippen LogP contribution in [0.15, 0.2) is 42.5 Å². The number of alkyl halides is 1. The molecular formula is C16H15BrCl2. The lowest BCUT2D eigenvalue weighted by Gasteiger charge is -2.14. The molecule has 3 heteroatoms. The summed E-state index contributed by atoms with van der Waals surface area (Å²) in [4.78, 5) is 0.0555. The van der Waals surface area contributed by atoms with Gasteiger partial charge < -0.3 is 0 Å².